The van der Waals surface area contributed by atoms with Crippen molar-refractivity contribution in [3.63, 3.8) is 0 Å². The first-order valence-electron chi connectivity index (χ1n) is 5.52. The smallest absolute Gasteiger partial charge is 0.114 e. The third kappa shape index (κ3) is 2.91. The lowest BCUT2D eigenvalue weighted by molar-refractivity contribution is -0.427. The normalized spacial score (nSPS) is 10.0. The zero-order chi connectivity index (χ0) is 12.3. The summed E-state index contributed by atoms with van der Waals surface area (Å²) in [5, 5.41) is 0. The highest BCUT2D eigenvalue weighted by atomic mass is 16.3. The van der Waals surface area contributed by atoms with E-state index in [1.54, 1.807) is 12.1 Å². The number of benzene rings is 2. The van der Waals surface area contributed by atoms with E-state index < -0.39 is 0 Å². The second-order valence-electron chi connectivity index (χ2n) is 4.11. The molecular weight excluding hydrogens is 212 g/mol. The Kier molecular flexibility index (Phi) is 3.19. The average Bonchev–Trinajstić information content (AvgIpc) is 2.33. The van der Waals surface area contributed by atoms with Crippen LogP contribution in [0.15, 0.2) is 48.5 Å². The van der Waals surface area contributed by atoms with Gasteiger partial charge in [-0.25, -0.2) is 0 Å². The number of aryl methyl sites for hydroxylation is 2. The molecule has 2 aromatic rings. The van der Waals surface area contributed by atoms with E-state index in [0.29, 0.717) is 5.69 Å². The summed E-state index contributed by atoms with van der Waals surface area (Å²) in [7, 11) is 0. The Morgan fingerprint density at radius 3 is 1.82 bits per heavy atom. The molecule has 3 nitrogen and oxygen atoms in total. The number of nitrogens with zero attached hydrogens (tertiary/aromatic N) is 1. The van der Waals surface area contributed by atoms with Gasteiger partial charge in [0.25, 0.3) is 5.69 Å². The average molecular weight is 227 g/mol. The highest BCUT2D eigenvalue weighted by Crippen LogP contribution is 2.15. The number of anilines is 1. The molecule has 0 saturated heterocycles. The molecule has 1 N–H and O–H groups in total. The fourth-order valence-corrected chi connectivity index (χ4v) is 1.49. The Bertz CT molecular complexity index is 515. The first kappa shape index (κ1) is 11.3. The quantitative estimate of drug-likeness (QED) is 0.640. The van der Waals surface area contributed by atoms with Gasteiger partial charge in [-0.1, -0.05) is 35.4 Å². The van der Waals surface area contributed by atoms with E-state index in [4.69, 9.17) is 0 Å². The van der Waals surface area contributed by atoms with Gasteiger partial charge < -0.3 is 0 Å². The van der Waals surface area contributed by atoms with Crippen LogP contribution in [0, 0.1) is 18.8 Å². The second-order valence-corrected chi connectivity index (χ2v) is 4.11. The number of hydrogen-bond donors (Lipinski definition) is 1. The van der Waals surface area contributed by atoms with Crippen LogP contribution in [0.25, 0.3) is 0 Å². The summed E-state index contributed by atoms with van der Waals surface area (Å²) in [4.78, 5) is 12.6. The summed E-state index contributed by atoms with van der Waals surface area (Å²) in [5.41, 5.74) is 6.47. The lowest BCUT2D eigenvalue weighted by Crippen LogP contribution is -2.09. The van der Waals surface area contributed by atoms with Crippen molar-refractivity contribution in [3.05, 3.63) is 64.6 Å². The first-order valence-corrected chi connectivity index (χ1v) is 5.52. The standard InChI is InChI=1S/C14H15N2O/c1-11-3-7-13(8-4-11)15-16(17)14-9-5-12(2)6-10-14/h3-10H,1-2H3,(H,15,17)/q+1. The lowest BCUT2D eigenvalue weighted by Gasteiger charge is -1.98. The van der Waals surface area contributed by atoms with Crippen LogP contribution in [0.3, 0.4) is 0 Å². The van der Waals surface area contributed by atoms with E-state index in [0.717, 1.165) is 16.1 Å². The lowest BCUT2D eigenvalue weighted by atomic mass is 10.2. The van der Waals surface area contributed by atoms with Crippen molar-refractivity contribution < 1.29 is 4.87 Å². The van der Waals surface area contributed by atoms with Gasteiger partial charge >= 0.3 is 0 Å². The number of rotatable bonds is 3. The topological polar surface area (TPSA) is 32.1 Å². The number of hydrogen-bond acceptors (Lipinski definition) is 1. The molecule has 3 heteroatoms. The number of hydrazine groups is 1. The molecule has 86 valence electrons. The molecule has 0 saturated carbocycles. The molecule has 2 aromatic carbocycles. The van der Waals surface area contributed by atoms with Crippen LogP contribution in [0.1, 0.15) is 11.1 Å². The number of nitrogens with one attached hydrogen (secondary N) is 1. The van der Waals surface area contributed by atoms with Gasteiger partial charge in [0.1, 0.15) is 5.69 Å². The highest BCUT2D eigenvalue weighted by Gasteiger charge is 2.12. The van der Waals surface area contributed by atoms with Crippen molar-refractivity contribution in [1.29, 1.82) is 0 Å². The Morgan fingerprint density at radius 2 is 1.29 bits per heavy atom. The molecule has 0 heterocycles. The molecule has 0 spiro atoms. The van der Waals surface area contributed by atoms with Crippen molar-refractivity contribution in [2.24, 2.45) is 0 Å². The van der Waals surface area contributed by atoms with Crippen LogP contribution in [-0.4, -0.2) is 4.87 Å². The van der Waals surface area contributed by atoms with E-state index in [1.807, 2.05) is 50.2 Å². The van der Waals surface area contributed by atoms with Gasteiger partial charge in [0.05, 0.1) is 4.91 Å². The zero-order valence-corrected chi connectivity index (χ0v) is 9.97. The summed E-state index contributed by atoms with van der Waals surface area (Å²) in [5.74, 6) is 0. The maximum atomic E-state index is 11.8. The molecule has 0 radical (unpaired) electrons. The molecule has 0 aliphatic rings. The van der Waals surface area contributed by atoms with E-state index >= 15 is 0 Å². The minimum absolute atomic E-state index is 0.594. The van der Waals surface area contributed by atoms with Crippen LogP contribution >= 0.6 is 0 Å². The van der Waals surface area contributed by atoms with Crippen LogP contribution in [0.2, 0.25) is 0 Å². The Morgan fingerprint density at radius 1 is 0.824 bits per heavy atom. The Hall–Kier alpha value is -2.16. The molecular formula is C14H15N2O+. The largest absolute Gasteiger partial charge is 0.292 e. The highest BCUT2D eigenvalue weighted by molar-refractivity contribution is 5.43. The SMILES string of the molecule is Cc1ccc(N[N+](=O)c2ccc(C)cc2)cc1. The summed E-state index contributed by atoms with van der Waals surface area (Å²) >= 11 is 0. The van der Waals surface area contributed by atoms with E-state index in [2.05, 4.69) is 5.43 Å². The van der Waals surface area contributed by atoms with Gasteiger partial charge in [0.15, 0.2) is 4.87 Å². The molecule has 0 aromatic heterocycles. The molecule has 0 unspecified atom stereocenters. The van der Waals surface area contributed by atoms with Crippen LogP contribution in [0.4, 0.5) is 11.4 Å². The molecule has 0 fully saturated rings. The predicted molar refractivity (Wildman–Crippen MR) is 69.3 cm³/mol. The summed E-state index contributed by atoms with van der Waals surface area (Å²) in [6.07, 6.45) is 0. The summed E-state index contributed by atoms with van der Waals surface area (Å²) in [6, 6.07) is 15.1. The minimum atomic E-state index is 0.594. The fraction of sp³-hybridized carbons (Fsp3) is 0.143. The van der Waals surface area contributed by atoms with Crippen molar-refractivity contribution in [2.45, 2.75) is 13.8 Å². The van der Waals surface area contributed by atoms with E-state index in [1.165, 1.54) is 5.56 Å². The van der Waals surface area contributed by atoms with E-state index in [-0.39, 0.29) is 0 Å². The number of nitroso groups, excluding NO2 is 1. The zero-order valence-electron chi connectivity index (χ0n) is 9.97. The van der Waals surface area contributed by atoms with Gasteiger partial charge in [-0.2, -0.15) is 0 Å². The third-order valence-corrected chi connectivity index (χ3v) is 2.55. The maximum absolute atomic E-state index is 11.8. The molecule has 0 aliphatic carbocycles. The first-order chi connectivity index (χ1) is 8.15. The predicted octanol–water partition coefficient (Wildman–Crippen LogP) is 3.74. The molecule has 0 amide bonds. The van der Waals surface area contributed by atoms with Crippen LogP contribution in [0.5, 0.6) is 0 Å². The Labute approximate surface area is 101 Å². The van der Waals surface area contributed by atoms with Crippen molar-refractivity contribution in [1.82, 2.24) is 0 Å². The second kappa shape index (κ2) is 4.78. The van der Waals surface area contributed by atoms with Crippen molar-refractivity contribution in [3.8, 4) is 0 Å². The van der Waals surface area contributed by atoms with E-state index in [9.17, 15) is 4.91 Å². The molecule has 17 heavy (non-hydrogen) atoms. The van der Waals surface area contributed by atoms with Crippen molar-refractivity contribution in [2.75, 3.05) is 5.43 Å². The van der Waals surface area contributed by atoms with Crippen LogP contribution < -0.4 is 5.43 Å². The summed E-state index contributed by atoms with van der Waals surface area (Å²) in [6.45, 7) is 4.01. The minimum Gasteiger partial charge on any atom is -0.114 e. The summed E-state index contributed by atoms with van der Waals surface area (Å²) < 4.78 is 0. The van der Waals surface area contributed by atoms with Crippen molar-refractivity contribution >= 4 is 11.4 Å². The van der Waals surface area contributed by atoms with Gasteiger partial charge in [0.2, 0.25) is 0 Å². The van der Waals surface area contributed by atoms with Gasteiger partial charge in [-0.05, 0) is 26.0 Å². The molecule has 0 aliphatic heterocycles. The third-order valence-electron chi connectivity index (χ3n) is 2.55. The van der Waals surface area contributed by atoms with Gasteiger partial charge in [0, 0.05) is 12.1 Å². The monoisotopic (exact) mass is 227 g/mol. The Balaban J connectivity index is 2.11. The van der Waals surface area contributed by atoms with Crippen LogP contribution in [-0.2, 0) is 0 Å². The molecule has 0 atom stereocenters. The molecule has 2 rings (SSSR count). The van der Waals surface area contributed by atoms with Gasteiger partial charge in [-0.15, -0.1) is 5.43 Å². The maximum Gasteiger partial charge on any atom is 0.292 e. The molecule has 0 bridgehead atoms. The fourth-order valence-electron chi connectivity index (χ4n) is 1.49. The van der Waals surface area contributed by atoms with Gasteiger partial charge in [-0.3, -0.25) is 0 Å².